The average molecular weight is 1130 g/mol. The van der Waals surface area contributed by atoms with Crippen molar-refractivity contribution in [1.82, 2.24) is 35.6 Å². The maximum atomic E-state index is 14.8. The number of hydrogen-bond donors (Lipinski definition) is 4. The highest BCUT2D eigenvalue weighted by Crippen LogP contribution is 2.56. The minimum absolute atomic E-state index is 0.0231. The quantitative estimate of drug-likeness (QED) is 0.0888. The Morgan fingerprint density at radius 3 is 2.17 bits per heavy atom. The minimum Gasteiger partial charge on any atom is -0.489 e. The highest BCUT2D eigenvalue weighted by atomic mass is 35.5. The summed E-state index contributed by atoms with van der Waals surface area (Å²) in [5.41, 5.74) is 2.52. The zero-order valence-corrected chi connectivity index (χ0v) is 48.6. The molecule has 4 atom stereocenters. The second kappa shape index (κ2) is 23.2. The number of nitrogens with one attached hydrogen (secondary N) is 3. The van der Waals surface area contributed by atoms with Gasteiger partial charge < -0.3 is 40.5 Å². The van der Waals surface area contributed by atoms with Crippen LogP contribution < -0.4 is 20.7 Å². The molecule has 2 aliphatic carbocycles. The molecule has 80 heavy (non-hydrogen) atoms. The van der Waals surface area contributed by atoms with Crippen LogP contribution in [0.1, 0.15) is 139 Å². The largest absolute Gasteiger partial charge is 0.489 e. The fourth-order valence-electron chi connectivity index (χ4n) is 12.6. The third kappa shape index (κ3) is 12.6. The van der Waals surface area contributed by atoms with E-state index >= 15 is 0 Å². The lowest BCUT2D eigenvalue weighted by atomic mass is 9.49. The molecule has 0 unspecified atom stereocenters. The molecule has 0 radical (unpaired) electrons. The normalized spacial score (nSPS) is 23.3. The molecule has 5 amide bonds. The van der Waals surface area contributed by atoms with Crippen molar-refractivity contribution < 1.29 is 38.2 Å². The van der Waals surface area contributed by atoms with Crippen molar-refractivity contribution in [2.24, 2.45) is 22.2 Å². The number of aliphatic hydroxyl groups is 1. The second-order valence-electron chi connectivity index (χ2n) is 24.9. The topological polar surface area (TPSA) is 197 Å². The molecule has 9 rings (SSSR count). The summed E-state index contributed by atoms with van der Waals surface area (Å²) in [6.45, 7) is 18.3. The highest BCUT2D eigenvalue weighted by molar-refractivity contribution is 7.13. The van der Waals surface area contributed by atoms with Gasteiger partial charge >= 0.3 is 0 Å². The van der Waals surface area contributed by atoms with Gasteiger partial charge in [-0.3, -0.25) is 24.0 Å². The predicted molar refractivity (Wildman–Crippen MR) is 305 cm³/mol. The van der Waals surface area contributed by atoms with Gasteiger partial charge in [0.1, 0.15) is 30.0 Å². The lowest BCUT2D eigenvalue weighted by Gasteiger charge is -2.63. The molecule has 4 heterocycles. The van der Waals surface area contributed by atoms with Gasteiger partial charge in [0.2, 0.25) is 17.7 Å². The molecular formula is C62H74ClFN8O7S. The first-order chi connectivity index (χ1) is 37.9. The van der Waals surface area contributed by atoms with Crippen LogP contribution in [0.2, 0.25) is 5.02 Å². The van der Waals surface area contributed by atoms with Crippen LogP contribution in [-0.2, 0) is 19.2 Å². The predicted octanol–water partition coefficient (Wildman–Crippen LogP) is 8.55. The second-order valence-corrected chi connectivity index (χ2v) is 26.1. The Kier molecular flexibility index (Phi) is 16.9. The van der Waals surface area contributed by atoms with E-state index in [1.807, 2.05) is 60.4 Å². The van der Waals surface area contributed by atoms with Gasteiger partial charge in [-0.25, -0.2) is 9.37 Å². The number of nitrogens with zero attached hydrogens (tertiary/aromatic N) is 5. The number of piperidine rings is 2. The number of ether oxygens (including phenoxy) is 1. The number of nitriles is 1. The monoisotopic (exact) mass is 1130 g/mol. The highest BCUT2D eigenvalue weighted by Gasteiger charge is 2.64. The summed E-state index contributed by atoms with van der Waals surface area (Å²) in [5.74, 6) is 5.42. The first-order valence-electron chi connectivity index (χ1n) is 28.0. The third-order valence-electron chi connectivity index (χ3n) is 17.2. The van der Waals surface area contributed by atoms with Gasteiger partial charge in [-0.05, 0) is 111 Å². The van der Waals surface area contributed by atoms with Crippen LogP contribution >= 0.6 is 22.9 Å². The molecule has 424 valence electrons. The van der Waals surface area contributed by atoms with Gasteiger partial charge in [0.25, 0.3) is 11.8 Å². The van der Waals surface area contributed by atoms with Gasteiger partial charge in [0, 0.05) is 72.1 Å². The molecule has 4 aromatic rings. The minimum atomic E-state index is -2.01. The summed E-state index contributed by atoms with van der Waals surface area (Å²) in [6.07, 6.45) is 2.37. The molecule has 3 aliphatic heterocycles. The molecule has 3 aromatic carbocycles. The standard InChI is InChI=1S/C62H74ClFN8O7S/c1-37-51(80-36-66-37)41-17-15-40(16-18-41)48(67-54(76)49-31-45(73)35-72(49)55(77)52(59(2,3)4)68-58(78)62(64)25-26-62)33-50(74)71-29-23-44(24-30-71)70-27-21-39(22-28-70)10-9-38-11-13-42(14-12-38)53(75)69-56-60(5,6)57(61(56,7)8)79-46-20-19-43(34-65)47(63)32-46/h11-20,32,36,39,44-45,48-49,52,56-57,73H,21-31,33,35H2,1-8H3,(H,67,76)(H,68,78)(H,69,75)/t45-,48-,49+,52-,56-,57-/m1/s1. The zero-order valence-electron chi connectivity index (χ0n) is 47.0. The molecule has 0 spiro atoms. The molecule has 0 bridgehead atoms. The molecule has 3 saturated heterocycles. The van der Waals surface area contributed by atoms with Crippen molar-refractivity contribution in [2.45, 2.75) is 155 Å². The Labute approximate surface area is 478 Å². The van der Waals surface area contributed by atoms with Crippen molar-refractivity contribution in [2.75, 3.05) is 32.7 Å². The number of aliphatic hydroxyl groups excluding tert-OH is 1. The number of halogens is 2. The van der Waals surface area contributed by atoms with Crippen molar-refractivity contribution in [3.8, 4) is 34.1 Å². The van der Waals surface area contributed by atoms with E-state index in [0.717, 1.165) is 60.5 Å². The maximum absolute atomic E-state index is 14.8. The third-order valence-corrected chi connectivity index (χ3v) is 18.5. The number of rotatable bonds is 14. The maximum Gasteiger partial charge on any atom is 0.258 e. The number of aromatic nitrogens is 1. The van der Waals surface area contributed by atoms with Gasteiger partial charge in [-0.2, -0.15) is 5.26 Å². The van der Waals surface area contributed by atoms with E-state index in [1.165, 1.54) is 16.2 Å². The number of carbonyl (C=O) groups is 5. The van der Waals surface area contributed by atoms with Crippen LogP contribution in [0.5, 0.6) is 5.75 Å². The number of carbonyl (C=O) groups excluding carboxylic acids is 5. The number of β-amino-alcohol motifs (C(OH)–C–C–N with tert-alkyl or cyclic N) is 1. The van der Waals surface area contributed by atoms with Gasteiger partial charge in [0.05, 0.1) is 45.2 Å². The fourth-order valence-corrected chi connectivity index (χ4v) is 13.6. The van der Waals surface area contributed by atoms with E-state index < -0.39 is 53.0 Å². The average Bonchev–Trinajstić information content (AvgIpc) is 3.84. The Hall–Kier alpha value is -6.37. The number of alkyl halides is 1. The lowest BCUT2D eigenvalue weighted by molar-refractivity contribution is -0.164. The molecular weight excluding hydrogens is 1060 g/mol. The molecule has 15 nitrogen and oxygen atoms in total. The summed E-state index contributed by atoms with van der Waals surface area (Å²) >= 11 is 7.80. The first-order valence-corrected chi connectivity index (χ1v) is 29.2. The fraction of sp³-hybridized carbons (Fsp3) is 0.532. The van der Waals surface area contributed by atoms with Crippen molar-refractivity contribution in [3.63, 3.8) is 0 Å². The van der Waals surface area contributed by atoms with Gasteiger partial charge in [0.15, 0.2) is 5.67 Å². The molecule has 18 heteroatoms. The number of thiazole rings is 1. The summed E-state index contributed by atoms with van der Waals surface area (Å²) in [5, 5.41) is 29.4. The molecule has 5 aliphatic rings. The van der Waals surface area contributed by atoms with Crippen molar-refractivity contribution in [3.05, 3.63) is 105 Å². The van der Waals surface area contributed by atoms with E-state index in [0.29, 0.717) is 46.6 Å². The van der Waals surface area contributed by atoms with Crippen LogP contribution in [0.25, 0.3) is 10.4 Å². The van der Waals surface area contributed by atoms with E-state index in [1.54, 1.807) is 44.5 Å². The molecule has 5 fully saturated rings. The number of aryl methyl sites for hydroxylation is 1. The molecule has 2 saturated carbocycles. The summed E-state index contributed by atoms with van der Waals surface area (Å²) in [7, 11) is 0. The van der Waals surface area contributed by atoms with Gasteiger partial charge in [-0.1, -0.05) is 96.2 Å². The van der Waals surface area contributed by atoms with E-state index in [9.17, 15) is 38.7 Å². The van der Waals surface area contributed by atoms with Crippen molar-refractivity contribution in [1.29, 1.82) is 5.26 Å². The number of likely N-dealkylation sites (tertiary alicyclic amines) is 3. The van der Waals surface area contributed by atoms with Crippen LogP contribution in [0.4, 0.5) is 4.39 Å². The SMILES string of the molecule is Cc1ncsc1-c1ccc([C@@H](CC(=O)N2CCC(N3CCC(C#Cc4ccc(C(=O)N[C@H]5C(C)(C)[C@H](Oc6ccc(C#N)c(Cl)c6)C5(C)C)cc4)CC3)CC2)NC(=O)[C@@H]2C[C@@H](O)CN2C(=O)[C@@H](NC(=O)C2(F)CC2)C(C)(C)C)cc1. The lowest BCUT2D eigenvalue weighted by Crippen LogP contribution is -2.74. The molecule has 1 aromatic heterocycles. The zero-order chi connectivity index (χ0) is 57.5. The molecule has 4 N–H and O–H groups in total. The van der Waals surface area contributed by atoms with Crippen LogP contribution in [-0.4, -0.2) is 129 Å². The van der Waals surface area contributed by atoms with E-state index in [-0.39, 0.29) is 72.9 Å². The van der Waals surface area contributed by atoms with Crippen LogP contribution in [0, 0.1) is 52.3 Å². The number of amides is 5. The van der Waals surface area contributed by atoms with Gasteiger partial charge in [-0.15, -0.1) is 11.3 Å². The Bertz CT molecular complexity index is 3070. The Morgan fingerprint density at radius 1 is 0.925 bits per heavy atom. The smallest absolute Gasteiger partial charge is 0.258 e. The summed E-state index contributed by atoms with van der Waals surface area (Å²) in [4.78, 5) is 80.4. The van der Waals surface area contributed by atoms with E-state index in [2.05, 4.69) is 71.4 Å². The summed E-state index contributed by atoms with van der Waals surface area (Å²) in [6, 6.07) is 19.4. The Balaban J connectivity index is 0.771. The van der Waals surface area contributed by atoms with E-state index in [4.69, 9.17) is 16.3 Å². The summed E-state index contributed by atoms with van der Waals surface area (Å²) < 4.78 is 21.2. The first kappa shape index (κ1) is 58.3. The van der Waals surface area contributed by atoms with Crippen molar-refractivity contribution >= 4 is 52.5 Å². The number of hydrogen-bond acceptors (Lipinski definition) is 11. The van der Waals surface area contributed by atoms with Crippen LogP contribution in [0.15, 0.2) is 72.2 Å². The number of benzene rings is 3. The Morgan fingerprint density at radius 2 is 1.59 bits per heavy atom. The van der Waals surface area contributed by atoms with Crippen LogP contribution in [0.3, 0.4) is 0 Å².